The van der Waals surface area contributed by atoms with Crippen molar-refractivity contribution >= 4 is 28.5 Å². The van der Waals surface area contributed by atoms with E-state index in [1.807, 2.05) is 29.2 Å². The number of carbonyl (C=O) groups is 1. The molecule has 1 amide bonds. The minimum atomic E-state index is -0.0204. The number of hydrogen-bond acceptors (Lipinski definition) is 3. The number of furan rings is 1. The Morgan fingerprint density at radius 1 is 1.14 bits per heavy atom. The molecule has 1 fully saturated rings. The highest BCUT2D eigenvalue weighted by Gasteiger charge is 2.22. The second-order valence-corrected chi connectivity index (χ2v) is 6.25. The van der Waals surface area contributed by atoms with E-state index in [1.165, 1.54) is 0 Å². The molecule has 2 heterocycles. The van der Waals surface area contributed by atoms with Crippen LogP contribution < -0.4 is 4.74 Å². The molecule has 0 radical (unpaired) electrons. The molecule has 0 spiro atoms. The molecule has 3 rings (SSSR count). The molecule has 0 N–H and O–H groups in total. The van der Waals surface area contributed by atoms with Crippen molar-refractivity contribution in [1.29, 1.82) is 0 Å². The first kappa shape index (κ1) is 14.4. The van der Waals surface area contributed by atoms with Gasteiger partial charge < -0.3 is 14.1 Å². The highest BCUT2D eigenvalue weighted by atomic mass is 127. The van der Waals surface area contributed by atoms with Crippen LogP contribution in [0.2, 0.25) is 0 Å². The highest BCUT2D eigenvalue weighted by Crippen LogP contribution is 2.18. The lowest BCUT2D eigenvalue weighted by Gasteiger charge is -2.12. The smallest absolute Gasteiger partial charge is 0.289 e. The fraction of sp³-hybridized carbons (Fsp3) is 0.312. The fourth-order valence-electron chi connectivity index (χ4n) is 2.33. The molecule has 0 unspecified atom stereocenters. The molecule has 0 atom stereocenters. The average molecular weight is 397 g/mol. The van der Waals surface area contributed by atoms with Gasteiger partial charge in [-0.1, -0.05) is 0 Å². The maximum Gasteiger partial charge on any atom is 0.289 e. The van der Waals surface area contributed by atoms with E-state index in [2.05, 4.69) is 22.6 Å². The van der Waals surface area contributed by atoms with E-state index < -0.39 is 0 Å². The molecule has 2 aromatic rings. The van der Waals surface area contributed by atoms with Crippen molar-refractivity contribution in [2.75, 3.05) is 13.1 Å². The summed E-state index contributed by atoms with van der Waals surface area (Å²) in [5.41, 5.74) is 0. The Balaban J connectivity index is 1.59. The van der Waals surface area contributed by atoms with Crippen LogP contribution in [0.5, 0.6) is 5.75 Å². The normalized spacial score (nSPS) is 14.4. The number of hydrogen-bond donors (Lipinski definition) is 0. The summed E-state index contributed by atoms with van der Waals surface area (Å²) in [4.78, 5) is 14.0. The van der Waals surface area contributed by atoms with Crippen LogP contribution in [0.25, 0.3) is 0 Å². The standard InChI is InChI=1S/C16H16INO3/c17-12-3-5-13(6-4-12)20-11-14-7-8-15(21-14)16(19)18-9-1-2-10-18/h3-8H,1-2,9-11H2. The van der Waals surface area contributed by atoms with Crippen LogP contribution in [0.15, 0.2) is 40.8 Å². The molecule has 110 valence electrons. The first-order valence-corrected chi connectivity index (χ1v) is 8.06. The van der Waals surface area contributed by atoms with Gasteiger partial charge in [0.05, 0.1) is 0 Å². The molecular formula is C16H16INO3. The molecule has 1 aromatic carbocycles. The van der Waals surface area contributed by atoms with Crippen LogP contribution >= 0.6 is 22.6 Å². The summed E-state index contributed by atoms with van der Waals surface area (Å²) < 4.78 is 12.4. The number of ether oxygens (including phenoxy) is 1. The van der Waals surface area contributed by atoms with Crippen molar-refractivity contribution in [3.8, 4) is 5.75 Å². The molecule has 1 aliphatic rings. The molecule has 1 saturated heterocycles. The monoisotopic (exact) mass is 397 g/mol. The summed E-state index contributed by atoms with van der Waals surface area (Å²) in [5.74, 6) is 1.83. The number of amides is 1. The van der Waals surface area contributed by atoms with E-state index >= 15 is 0 Å². The van der Waals surface area contributed by atoms with Gasteiger partial charge in [-0.05, 0) is 71.8 Å². The van der Waals surface area contributed by atoms with Crippen LogP contribution in [0.3, 0.4) is 0 Å². The average Bonchev–Trinajstić information content (AvgIpc) is 3.18. The lowest BCUT2D eigenvalue weighted by molar-refractivity contribution is 0.0757. The molecule has 5 heteroatoms. The second kappa shape index (κ2) is 6.51. The molecule has 0 bridgehead atoms. The molecule has 1 aromatic heterocycles. The van der Waals surface area contributed by atoms with E-state index in [0.29, 0.717) is 18.1 Å². The molecule has 1 aliphatic heterocycles. The van der Waals surface area contributed by atoms with Gasteiger partial charge in [-0.2, -0.15) is 0 Å². The number of rotatable bonds is 4. The third kappa shape index (κ3) is 3.58. The maximum atomic E-state index is 12.2. The number of nitrogens with zero attached hydrogens (tertiary/aromatic N) is 1. The lowest BCUT2D eigenvalue weighted by atomic mass is 10.3. The van der Waals surface area contributed by atoms with Gasteiger partial charge in [0.25, 0.3) is 5.91 Å². The fourth-order valence-corrected chi connectivity index (χ4v) is 2.69. The highest BCUT2D eigenvalue weighted by molar-refractivity contribution is 14.1. The van der Waals surface area contributed by atoms with Gasteiger partial charge in [-0.15, -0.1) is 0 Å². The van der Waals surface area contributed by atoms with E-state index in [4.69, 9.17) is 9.15 Å². The molecule has 4 nitrogen and oxygen atoms in total. The summed E-state index contributed by atoms with van der Waals surface area (Å²) in [6.07, 6.45) is 2.16. The first-order valence-electron chi connectivity index (χ1n) is 6.99. The Morgan fingerprint density at radius 3 is 2.57 bits per heavy atom. The molecular weight excluding hydrogens is 381 g/mol. The zero-order valence-electron chi connectivity index (χ0n) is 11.5. The number of likely N-dealkylation sites (tertiary alicyclic amines) is 1. The summed E-state index contributed by atoms with van der Waals surface area (Å²) in [6, 6.07) is 11.3. The summed E-state index contributed by atoms with van der Waals surface area (Å²) in [7, 11) is 0. The van der Waals surface area contributed by atoms with Gasteiger partial charge in [0.1, 0.15) is 18.1 Å². The van der Waals surface area contributed by atoms with Crippen molar-refractivity contribution < 1.29 is 13.9 Å². The van der Waals surface area contributed by atoms with Gasteiger partial charge in [-0.25, -0.2) is 0 Å². The Kier molecular flexibility index (Phi) is 4.48. The zero-order valence-corrected chi connectivity index (χ0v) is 13.7. The van der Waals surface area contributed by atoms with E-state index in [9.17, 15) is 4.79 Å². The second-order valence-electron chi connectivity index (χ2n) is 5.01. The van der Waals surface area contributed by atoms with Crippen molar-refractivity contribution in [2.45, 2.75) is 19.4 Å². The molecule has 21 heavy (non-hydrogen) atoms. The number of carbonyl (C=O) groups excluding carboxylic acids is 1. The van der Waals surface area contributed by atoms with Gasteiger partial charge in [0.15, 0.2) is 5.76 Å². The topological polar surface area (TPSA) is 42.7 Å². The van der Waals surface area contributed by atoms with Gasteiger partial charge in [0, 0.05) is 16.7 Å². The Morgan fingerprint density at radius 2 is 1.86 bits per heavy atom. The van der Waals surface area contributed by atoms with E-state index in [0.717, 1.165) is 35.3 Å². The van der Waals surface area contributed by atoms with Crippen LogP contribution in [-0.4, -0.2) is 23.9 Å². The van der Waals surface area contributed by atoms with Crippen molar-refractivity contribution in [1.82, 2.24) is 4.90 Å². The minimum absolute atomic E-state index is 0.0204. The van der Waals surface area contributed by atoms with Crippen LogP contribution in [0.4, 0.5) is 0 Å². The third-order valence-corrected chi connectivity index (χ3v) is 4.18. The quantitative estimate of drug-likeness (QED) is 0.740. The third-order valence-electron chi connectivity index (χ3n) is 3.46. The lowest BCUT2D eigenvalue weighted by Crippen LogP contribution is -2.27. The number of benzene rings is 1. The SMILES string of the molecule is O=C(c1ccc(COc2ccc(I)cc2)o1)N1CCCC1. The maximum absolute atomic E-state index is 12.2. The Labute approximate surface area is 137 Å². The van der Waals surface area contributed by atoms with E-state index in [-0.39, 0.29) is 5.91 Å². The summed E-state index contributed by atoms with van der Waals surface area (Å²) >= 11 is 2.25. The molecule has 0 aliphatic carbocycles. The Bertz CT molecular complexity index is 615. The predicted molar refractivity (Wildman–Crippen MR) is 87.3 cm³/mol. The number of halogens is 1. The van der Waals surface area contributed by atoms with Gasteiger partial charge in [-0.3, -0.25) is 4.79 Å². The predicted octanol–water partition coefficient (Wildman–Crippen LogP) is 3.70. The van der Waals surface area contributed by atoms with Crippen molar-refractivity contribution in [3.05, 3.63) is 51.5 Å². The van der Waals surface area contributed by atoms with Crippen molar-refractivity contribution in [2.24, 2.45) is 0 Å². The van der Waals surface area contributed by atoms with Gasteiger partial charge >= 0.3 is 0 Å². The molecule has 0 saturated carbocycles. The largest absolute Gasteiger partial charge is 0.486 e. The summed E-state index contributed by atoms with van der Waals surface area (Å²) in [6.45, 7) is 1.98. The minimum Gasteiger partial charge on any atom is -0.486 e. The van der Waals surface area contributed by atoms with Gasteiger partial charge in [0.2, 0.25) is 0 Å². The van der Waals surface area contributed by atoms with Crippen molar-refractivity contribution in [3.63, 3.8) is 0 Å². The zero-order chi connectivity index (χ0) is 14.7. The van der Waals surface area contributed by atoms with E-state index in [1.54, 1.807) is 12.1 Å². The summed E-state index contributed by atoms with van der Waals surface area (Å²) in [5, 5.41) is 0. The first-order chi connectivity index (χ1) is 10.2. The van der Waals surface area contributed by atoms with Crippen LogP contribution in [0, 0.1) is 3.57 Å². The van der Waals surface area contributed by atoms with Crippen LogP contribution in [-0.2, 0) is 6.61 Å². The van der Waals surface area contributed by atoms with Crippen LogP contribution in [0.1, 0.15) is 29.2 Å². The Hall–Kier alpha value is -1.50.